The number of Topliss-reactive ketones (excluding diaryl/α,β-unsaturated/α-hetero) is 1. The van der Waals surface area contributed by atoms with Crippen molar-refractivity contribution in [1.82, 2.24) is 0 Å². The molecular weight excluding hydrogens is 412 g/mol. The van der Waals surface area contributed by atoms with Crippen molar-refractivity contribution < 1.29 is 34.1 Å². The number of hydrogen-bond acceptors (Lipinski definition) is 7. The Labute approximate surface area is 189 Å². The summed E-state index contributed by atoms with van der Waals surface area (Å²) >= 11 is 0. The molecule has 7 nitrogen and oxygen atoms in total. The largest absolute Gasteiger partial charge is 0.449 e. The molecule has 0 saturated heterocycles. The average molecular weight is 449 g/mol. The van der Waals surface area contributed by atoms with Crippen LogP contribution in [0.4, 0.5) is 0 Å². The van der Waals surface area contributed by atoms with Gasteiger partial charge in [0, 0.05) is 18.4 Å². The molecule has 0 amide bonds. The number of fused-ring (bicyclic) bond motifs is 5. The van der Waals surface area contributed by atoms with Gasteiger partial charge in [-0.15, -0.1) is 0 Å². The van der Waals surface area contributed by atoms with Gasteiger partial charge in [-0.25, -0.2) is 4.79 Å². The summed E-state index contributed by atoms with van der Waals surface area (Å²) in [6.45, 7) is 5.31. The van der Waals surface area contributed by atoms with E-state index in [0.29, 0.717) is 32.3 Å². The molecule has 4 aliphatic carbocycles. The number of carbonyl (C=O) groups is 3. The monoisotopic (exact) mass is 448 g/mol. The molecule has 4 aliphatic rings. The molecule has 32 heavy (non-hydrogen) atoms. The minimum atomic E-state index is -1.45. The average Bonchev–Trinajstić information content (AvgIpc) is 3.04. The minimum Gasteiger partial charge on any atom is -0.449 e. The smallest absolute Gasteiger partial charge is 0.333 e. The van der Waals surface area contributed by atoms with Crippen LogP contribution in [0, 0.1) is 28.6 Å². The highest BCUT2D eigenvalue weighted by Gasteiger charge is 2.70. The fourth-order valence-corrected chi connectivity index (χ4v) is 7.89. The van der Waals surface area contributed by atoms with Crippen LogP contribution in [0.3, 0.4) is 0 Å². The summed E-state index contributed by atoms with van der Waals surface area (Å²) < 4.78 is 11.0. The Morgan fingerprint density at radius 2 is 1.94 bits per heavy atom. The van der Waals surface area contributed by atoms with Gasteiger partial charge < -0.3 is 19.7 Å². The SMILES string of the molecule is CCOCC(=O)O[C@]1(C(=O)CO)CC[C@H]2[C@@H]3CCC4=CC(=O)CC[C@]4(C)[C@H]3[C@@H](O)C[C@@]21C. The van der Waals surface area contributed by atoms with Crippen LogP contribution in [0.1, 0.15) is 65.7 Å². The Morgan fingerprint density at radius 1 is 1.19 bits per heavy atom. The van der Waals surface area contributed by atoms with Crippen molar-refractivity contribution in [3.05, 3.63) is 11.6 Å². The van der Waals surface area contributed by atoms with Crippen LogP contribution in [-0.4, -0.2) is 59.3 Å². The summed E-state index contributed by atoms with van der Waals surface area (Å²) in [5.74, 6) is -0.684. The van der Waals surface area contributed by atoms with Gasteiger partial charge >= 0.3 is 5.97 Å². The Hall–Kier alpha value is -1.57. The summed E-state index contributed by atoms with van der Waals surface area (Å²) in [6.07, 6.45) is 5.38. The van der Waals surface area contributed by atoms with Gasteiger partial charge in [-0.1, -0.05) is 19.4 Å². The maximum absolute atomic E-state index is 13.1. The van der Waals surface area contributed by atoms with E-state index in [1.165, 1.54) is 0 Å². The van der Waals surface area contributed by atoms with Crippen molar-refractivity contribution in [3.63, 3.8) is 0 Å². The first-order valence-electron chi connectivity index (χ1n) is 12.0. The summed E-state index contributed by atoms with van der Waals surface area (Å²) in [5, 5.41) is 21.3. The zero-order chi connectivity index (χ0) is 23.3. The normalized spacial score (nSPS) is 43.0. The molecule has 0 aliphatic heterocycles. The first-order chi connectivity index (χ1) is 15.1. The molecule has 0 heterocycles. The van der Waals surface area contributed by atoms with Gasteiger partial charge in [0.25, 0.3) is 0 Å². The first-order valence-corrected chi connectivity index (χ1v) is 12.0. The maximum Gasteiger partial charge on any atom is 0.333 e. The third-order valence-electron chi connectivity index (χ3n) is 9.32. The van der Waals surface area contributed by atoms with Gasteiger partial charge in [0.1, 0.15) is 13.2 Å². The van der Waals surface area contributed by atoms with Crippen LogP contribution in [0.15, 0.2) is 11.6 Å². The number of rotatable bonds is 6. The standard InChI is InChI=1S/C25H36O7/c1-4-31-14-21(30)32-25(20(29)13-26)10-8-18-17-6-5-15-11-16(27)7-9-23(15,2)22(17)19(28)12-24(18,25)3/h11,17-19,22,26,28H,4-10,12-14H2,1-3H3/t17-,18-,19-,22+,23-,24-,25-/m0/s1. The molecule has 0 radical (unpaired) electrons. The van der Waals surface area contributed by atoms with Gasteiger partial charge in [0.2, 0.25) is 5.78 Å². The molecule has 4 rings (SSSR count). The molecule has 0 spiro atoms. The van der Waals surface area contributed by atoms with E-state index in [1.54, 1.807) is 13.0 Å². The highest BCUT2D eigenvalue weighted by Crippen LogP contribution is 2.68. The van der Waals surface area contributed by atoms with Crippen LogP contribution < -0.4 is 0 Å². The van der Waals surface area contributed by atoms with E-state index in [9.17, 15) is 24.6 Å². The Bertz CT molecular complexity index is 834. The maximum atomic E-state index is 13.1. The predicted molar refractivity (Wildman–Crippen MR) is 116 cm³/mol. The van der Waals surface area contributed by atoms with E-state index in [-0.39, 0.29) is 35.6 Å². The van der Waals surface area contributed by atoms with Gasteiger partial charge in [-0.3, -0.25) is 9.59 Å². The third-order valence-corrected chi connectivity index (χ3v) is 9.32. The van der Waals surface area contributed by atoms with E-state index in [2.05, 4.69) is 6.92 Å². The van der Waals surface area contributed by atoms with Gasteiger partial charge in [-0.05, 0) is 74.7 Å². The number of ketones is 2. The molecule has 0 unspecified atom stereocenters. The summed E-state index contributed by atoms with van der Waals surface area (Å²) in [6, 6.07) is 0. The third kappa shape index (κ3) is 3.31. The topological polar surface area (TPSA) is 110 Å². The lowest BCUT2D eigenvalue weighted by molar-refractivity contribution is -0.204. The van der Waals surface area contributed by atoms with Gasteiger partial charge in [0.15, 0.2) is 11.4 Å². The fourth-order valence-electron chi connectivity index (χ4n) is 7.89. The molecule has 0 aromatic rings. The lowest BCUT2D eigenvalue weighted by atomic mass is 9.45. The highest BCUT2D eigenvalue weighted by molar-refractivity contribution is 5.92. The molecule has 0 bridgehead atoms. The molecular formula is C25H36O7. The molecule has 0 aromatic heterocycles. The van der Waals surface area contributed by atoms with Crippen molar-refractivity contribution in [2.75, 3.05) is 19.8 Å². The summed E-state index contributed by atoms with van der Waals surface area (Å²) in [4.78, 5) is 37.7. The summed E-state index contributed by atoms with van der Waals surface area (Å²) in [7, 11) is 0. The number of esters is 1. The first kappa shape index (κ1) is 23.6. The molecule has 0 aromatic carbocycles. The number of hydrogen-bond donors (Lipinski definition) is 2. The number of aliphatic hydroxyl groups is 2. The van der Waals surface area contributed by atoms with Crippen molar-refractivity contribution in [1.29, 1.82) is 0 Å². The summed E-state index contributed by atoms with van der Waals surface area (Å²) in [5.41, 5.74) is -1.30. The van der Waals surface area contributed by atoms with Crippen molar-refractivity contribution >= 4 is 17.5 Å². The van der Waals surface area contributed by atoms with Crippen molar-refractivity contribution in [3.8, 4) is 0 Å². The fraction of sp³-hybridized carbons (Fsp3) is 0.800. The van der Waals surface area contributed by atoms with Crippen LogP contribution in [0.25, 0.3) is 0 Å². The Balaban J connectivity index is 1.70. The van der Waals surface area contributed by atoms with E-state index >= 15 is 0 Å². The van der Waals surface area contributed by atoms with E-state index in [1.807, 2.05) is 6.92 Å². The van der Waals surface area contributed by atoms with Crippen molar-refractivity contribution in [2.45, 2.75) is 77.4 Å². The second kappa shape index (κ2) is 8.33. The Kier molecular flexibility index (Phi) is 6.14. The number of allylic oxidation sites excluding steroid dienone is 1. The predicted octanol–water partition coefficient (Wildman–Crippen LogP) is 2.37. The van der Waals surface area contributed by atoms with Crippen LogP contribution in [0.5, 0.6) is 0 Å². The van der Waals surface area contributed by atoms with E-state index in [0.717, 1.165) is 24.8 Å². The van der Waals surface area contributed by atoms with Crippen LogP contribution in [-0.2, 0) is 23.9 Å². The van der Waals surface area contributed by atoms with Crippen LogP contribution >= 0.6 is 0 Å². The zero-order valence-corrected chi connectivity index (χ0v) is 19.4. The second-order valence-electron chi connectivity index (χ2n) is 10.6. The lowest BCUT2D eigenvalue weighted by Crippen LogP contribution is -2.63. The minimum absolute atomic E-state index is 0.00725. The molecule has 3 fully saturated rings. The van der Waals surface area contributed by atoms with Crippen LogP contribution in [0.2, 0.25) is 0 Å². The highest BCUT2D eigenvalue weighted by atomic mass is 16.6. The zero-order valence-electron chi connectivity index (χ0n) is 19.4. The number of carbonyl (C=O) groups excluding carboxylic acids is 3. The molecule has 7 heteroatoms. The number of aliphatic hydroxyl groups excluding tert-OH is 2. The van der Waals surface area contributed by atoms with E-state index < -0.39 is 35.5 Å². The molecule has 3 saturated carbocycles. The molecule has 178 valence electrons. The van der Waals surface area contributed by atoms with Gasteiger partial charge in [-0.2, -0.15) is 0 Å². The quantitative estimate of drug-likeness (QED) is 0.600. The molecule has 7 atom stereocenters. The van der Waals surface area contributed by atoms with Crippen molar-refractivity contribution in [2.24, 2.45) is 28.6 Å². The number of ether oxygens (including phenoxy) is 2. The lowest BCUT2D eigenvalue weighted by Gasteiger charge is -2.60. The van der Waals surface area contributed by atoms with E-state index in [4.69, 9.17) is 9.47 Å². The second-order valence-corrected chi connectivity index (χ2v) is 10.6. The van der Waals surface area contributed by atoms with Gasteiger partial charge in [0.05, 0.1) is 6.10 Å². The Morgan fingerprint density at radius 3 is 2.62 bits per heavy atom. The molecule has 2 N–H and O–H groups in total.